The fourth-order valence-electron chi connectivity index (χ4n) is 3.44. The summed E-state index contributed by atoms with van der Waals surface area (Å²) in [5, 5.41) is 25.8. The number of aromatic nitrogens is 2. The minimum absolute atomic E-state index is 0.0882. The van der Waals surface area contributed by atoms with E-state index in [1.807, 2.05) is 19.9 Å². The highest BCUT2D eigenvalue weighted by molar-refractivity contribution is 6.13. The third-order valence-electron chi connectivity index (χ3n) is 5.34. The van der Waals surface area contributed by atoms with E-state index in [0.29, 0.717) is 23.4 Å². The molecule has 1 aliphatic carbocycles. The maximum absolute atomic E-state index is 12.9. The number of rotatable bonds is 6. The minimum Gasteiger partial charge on any atom is -0.396 e. The Balaban J connectivity index is 1.78. The molecule has 0 radical (unpaired) electrons. The van der Waals surface area contributed by atoms with Crippen LogP contribution >= 0.6 is 0 Å². The van der Waals surface area contributed by atoms with Crippen LogP contribution in [0.25, 0.3) is 21.9 Å². The molecule has 0 unspecified atom stereocenters. The molecule has 144 valence electrons. The molecule has 1 fully saturated rings. The number of pyridine rings is 1. The molecule has 2 heterocycles. The van der Waals surface area contributed by atoms with Crippen molar-refractivity contribution in [1.82, 2.24) is 15.3 Å². The van der Waals surface area contributed by atoms with Crippen LogP contribution in [0.15, 0.2) is 24.4 Å². The molecule has 0 atom stereocenters. The summed E-state index contributed by atoms with van der Waals surface area (Å²) in [5.74, 6) is -0.214. The number of benzene rings is 1. The zero-order valence-electron chi connectivity index (χ0n) is 16.0. The van der Waals surface area contributed by atoms with Gasteiger partial charge in [-0.25, -0.2) is 0 Å². The molecule has 1 saturated carbocycles. The maximum Gasteiger partial charge on any atom is 0.255 e. The first-order valence-electron chi connectivity index (χ1n) is 9.46. The molecule has 1 amide bonds. The highest BCUT2D eigenvalue weighted by atomic mass is 16.3. The Bertz CT molecular complexity index is 1110. The second-order valence-electron chi connectivity index (χ2n) is 7.91. The highest BCUT2D eigenvalue weighted by Gasteiger charge is 2.42. The number of aromatic amines is 1. The Morgan fingerprint density at radius 2 is 2.21 bits per heavy atom. The van der Waals surface area contributed by atoms with Gasteiger partial charge in [-0.2, -0.15) is 5.26 Å². The van der Waals surface area contributed by atoms with Gasteiger partial charge >= 0.3 is 0 Å². The molecular formula is C21H23N5O2. The average molecular weight is 377 g/mol. The normalized spacial score (nSPS) is 15.0. The number of nitrogens with one attached hydrogen (secondary N) is 3. The van der Waals surface area contributed by atoms with Crippen molar-refractivity contribution in [1.29, 1.82) is 5.26 Å². The quantitative estimate of drug-likeness (QED) is 0.527. The third kappa shape index (κ3) is 3.16. The van der Waals surface area contributed by atoms with Crippen molar-refractivity contribution in [2.75, 3.05) is 18.5 Å². The first-order valence-corrected chi connectivity index (χ1v) is 9.46. The highest BCUT2D eigenvalue weighted by Crippen LogP contribution is 2.44. The first-order chi connectivity index (χ1) is 13.5. The molecule has 0 spiro atoms. The van der Waals surface area contributed by atoms with E-state index < -0.39 is 0 Å². The third-order valence-corrected chi connectivity index (χ3v) is 5.34. The van der Waals surface area contributed by atoms with Crippen LogP contribution in [0.2, 0.25) is 0 Å². The van der Waals surface area contributed by atoms with Gasteiger partial charge < -0.3 is 20.7 Å². The van der Waals surface area contributed by atoms with Gasteiger partial charge in [-0.05, 0) is 44.9 Å². The minimum atomic E-state index is -0.214. The summed E-state index contributed by atoms with van der Waals surface area (Å²) in [6, 6.07) is 7.68. The van der Waals surface area contributed by atoms with Gasteiger partial charge in [0.15, 0.2) is 0 Å². The van der Waals surface area contributed by atoms with Gasteiger partial charge in [-0.15, -0.1) is 0 Å². The predicted molar refractivity (Wildman–Crippen MR) is 108 cm³/mol. The Labute approximate surface area is 162 Å². The van der Waals surface area contributed by atoms with Crippen LogP contribution < -0.4 is 10.6 Å². The molecule has 0 bridgehead atoms. The van der Waals surface area contributed by atoms with Crippen LogP contribution in [0.3, 0.4) is 0 Å². The van der Waals surface area contributed by atoms with E-state index in [-0.39, 0.29) is 24.0 Å². The summed E-state index contributed by atoms with van der Waals surface area (Å²) < 4.78 is 0. The van der Waals surface area contributed by atoms with Gasteiger partial charge in [0.25, 0.3) is 5.91 Å². The van der Waals surface area contributed by atoms with Crippen molar-refractivity contribution in [3.05, 3.63) is 35.5 Å². The smallest absolute Gasteiger partial charge is 0.255 e. The van der Waals surface area contributed by atoms with Crippen LogP contribution in [-0.2, 0) is 0 Å². The maximum atomic E-state index is 12.9. The fourth-order valence-corrected chi connectivity index (χ4v) is 3.44. The Morgan fingerprint density at radius 3 is 2.86 bits per heavy atom. The molecule has 0 aliphatic heterocycles. The summed E-state index contributed by atoms with van der Waals surface area (Å²) in [7, 11) is 0. The summed E-state index contributed by atoms with van der Waals surface area (Å²) in [4.78, 5) is 20.7. The summed E-state index contributed by atoms with van der Waals surface area (Å²) in [6.45, 7) is 4.56. The second-order valence-corrected chi connectivity index (χ2v) is 7.91. The molecule has 2 aromatic heterocycles. The van der Waals surface area contributed by atoms with Crippen LogP contribution in [-0.4, -0.2) is 40.2 Å². The topological polar surface area (TPSA) is 114 Å². The summed E-state index contributed by atoms with van der Waals surface area (Å²) in [5.41, 5.74) is 3.87. The number of aliphatic hydroxyl groups is 1. The lowest BCUT2D eigenvalue weighted by atomic mass is 10.1. The first kappa shape index (κ1) is 18.3. The lowest BCUT2D eigenvalue weighted by molar-refractivity contribution is 0.0936. The number of H-pyrrole nitrogens is 1. The molecular weight excluding hydrogens is 354 g/mol. The number of amides is 1. The van der Waals surface area contributed by atoms with Crippen molar-refractivity contribution in [3.63, 3.8) is 0 Å². The van der Waals surface area contributed by atoms with Crippen LogP contribution in [0.1, 0.15) is 42.6 Å². The zero-order valence-corrected chi connectivity index (χ0v) is 16.0. The van der Waals surface area contributed by atoms with E-state index in [2.05, 4.69) is 26.7 Å². The van der Waals surface area contributed by atoms with Crippen LogP contribution in [0.5, 0.6) is 0 Å². The van der Waals surface area contributed by atoms with Crippen molar-refractivity contribution in [2.45, 2.75) is 32.7 Å². The Morgan fingerprint density at radius 1 is 1.43 bits per heavy atom. The number of fused-ring (bicyclic) bond motifs is 3. The van der Waals surface area contributed by atoms with Crippen molar-refractivity contribution in [2.24, 2.45) is 5.41 Å². The number of hydrogen-bond acceptors (Lipinski definition) is 5. The van der Waals surface area contributed by atoms with E-state index in [0.717, 1.165) is 34.8 Å². The summed E-state index contributed by atoms with van der Waals surface area (Å²) in [6.07, 6.45) is 3.45. The van der Waals surface area contributed by atoms with Gasteiger partial charge in [0.2, 0.25) is 0 Å². The second kappa shape index (κ2) is 6.80. The van der Waals surface area contributed by atoms with E-state index in [1.54, 1.807) is 18.3 Å². The van der Waals surface area contributed by atoms with Crippen molar-refractivity contribution >= 4 is 33.5 Å². The number of anilines is 1. The summed E-state index contributed by atoms with van der Waals surface area (Å²) >= 11 is 0. The standard InChI is InChI=1S/C21H23N5O2/c1-12(2)25-18-15(20(28)24-10-21(11-27)5-6-21)9-23-17-14-4-3-13(8-22)7-16(14)26-19(17)18/h3-4,7,9,12,26-27H,5-6,10-11H2,1-2H3,(H,23,25)(H,24,28). The molecule has 4 rings (SSSR count). The number of aliphatic hydroxyl groups excluding tert-OH is 1. The van der Waals surface area contributed by atoms with Crippen molar-refractivity contribution < 1.29 is 9.90 Å². The number of nitriles is 1. The zero-order chi connectivity index (χ0) is 19.9. The fraction of sp³-hybridized carbons (Fsp3) is 0.381. The largest absolute Gasteiger partial charge is 0.396 e. The molecule has 4 N–H and O–H groups in total. The number of carbonyl (C=O) groups excluding carboxylic acids is 1. The Kier molecular flexibility index (Phi) is 4.44. The van der Waals surface area contributed by atoms with Gasteiger partial charge in [0.05, 0.1) is 40.5 Å². The Hall–Kier alpha value is -3.11. The average Bonchev–Trinajstić information content (AvgIpc) is 3.38. The lowest BCUT2D eigenvalue weighted by Crippen LogP contribution is -2.32. The lowest BCUT2D eigenvalue weighted by Gasteiger charge is -2.17. The number of nitrogens with zero attached hydrogens (tertiary/aromatic N) is 2. The SMILES string of the molecule is CC(C)Nc1c(C(=O)NCC2(CO)CC2)cnc2c1[nH]c1cc(C#N)ccc12. The molecule has 1 aliphatic rings. The molecule has 28 heavy (non-hydrogen) atoms. The van der Waals surface area contributed by atoms with E-state index in [9.17, 15) is 9.90 Å². The number of carbonyl (C=O) groups is 1. The number of hydrogen-bond donors (Lipinski definition) is 4. The van der Waals surface area contributed by atoms with E-state index in [4.69, 9.17) is 5.26 Å². The molecule has 7 nitrogen and oxygen atoms in total. The van der Waals surface area contributed by atoms with Crippen LogP contribution in [0.4, 0.5) is 5.69 Å². The van der Waals surface area contributed by atoms with Gasteiger partial charge in [0, 0.05) is 35.1 Å². The monoisotopic (exact) mass is 377 g/mol. The van der Waals surface area contributed by atoms with E-state index in [1.165, 1.54) is 0 Å². The van der Waals surface area contributed by atoms with E-state index >= 15 is 0 Å². The van der Waals surface area contributed by atoms with Gasteiger partial charge in [0.1, 0.15) is 0 Å². The van der Waals surface area contributed by atoms with Crippen molar-refractivity contribution in [3.8, 4) is 6.07 Å². The van der Waals surface area contributed by atoms with Crippen LogP contribution in [0, 0.1) is 16.7 Å². The predicted octanol–water partition coefficient (Wildman–Crippen LogP) is 2.91. The molecule has 1 aromatic carbocycles. The molecule has 0 saturated heterocycles. The van der Waals surface area contributed by atoms with Gasteiger partial charge in [-0.3, -0.25) is 9.78 Å². The van der Waals surface area contributed by atoms with Gasteiger partial charge in [-0.1, -0.05) is 0 Å². The molecule has 3 aromatic rings. The molecule has 7 heteroatoms.